The van der Waals surface area contributed by atoms with Crippen LogP contribution in [0.15, 0.2) is 72.5 Å². The Bertz CT molecular complexity index is 701. The van der Waals surface area contributed by atoms with Gasteiger partial charge in [0.25, 0.3) is 0 Å². The summed E-state index contributed by atoms with van der Waals surface area (Å²) in [5.41, 5.74) is 2.83. The van der Waals surface area contributed by atoms with Gasteiger partial charge in [-0.2, -0.15) is 0 Å². The zero-order chi connectivity index (χ0) is 18.9. The maximum atomic E-state index is 9.59. The average molecular weight is 370 g/mol. The second kappa shape index (κ2) is 10.2. The second-order valence-corrected chi connectivity index (χ2v) is 6.44. The van der Waals surface area contributed by atoms with Crippen molar-refractivity contribution in [3.63, 3.8) is 0 Å². The monoisotopic (exact) mass is 370 g/mol. The van der Waals surface area contributed by atoms with Gasteiger partial charge < -0.3 is 24.1 Å². The highest BCUT2D eigenvalue weighted by Gasteiger charge is 2.37. The number of methoxy groups -OCH3 is 1. The van der Waals surface area contributed by atoms with Crippen molar-refractivity contribution in [1.82, 2.24) is 0 Å². The zero-order valence-corrected chi connectivity index (χ0v) is 15.5. The topological polar surface area (TPSA) is 57.2 Å². The highest BCUT2D eigenvalue weighted by Crippen LogP contribution is 2.25. The summed E-state index contributed by atoms with van der Waals surface area (Å²) in [6, 6.07) is 19.9. The smallest absolute Gasteiger partial charge is 0.150 e. The van der Waals surface area contributed by atoms with Gasteiger partial charge in [0.05, 0.1) is 32.7 Å². The maximum Gasteiger partial charge on any atom is 0.150 e. The summed E-state index contributed by atoms with van der Waals surface area (Å²) >= 11 is 0. The van der Waals surface area contributed by atoms with E-state index in [1.54, 1.807) is 13.4 Å². The van der Waals surface area contributed by atoms with Crippen molar-refractivity contribution < 1.29 is 24.1 Å². The summed E-state index contributed by atoms with van der Waals surface area (Å²) in [7, 11) is 1.61. The predicted molar refractivity (Wildman–Crippen MR) is 102 cm³/mol. The molecule has 2 aromatic rings. The van der Waals surface area contributed by atoms with Crippen LogP contribution in [0.2, 0.25) is 0 Å². The lowest BCUT2D eigenvalue weighted by molar-refractivity contribution is -0.143. The van der Waals surface area contributed by atoms with E-state index in [-0.39, 0.29) is 24.9 Å². The first-order chi connectivity index (χ1) is 13.3. The molecular weight excluding hydrogens is 344 g/mol. The van der Waals surface area contributed by atoms with Crippen LogP contribution in [0.1, 0.15) is 11.1 Å². The number of benzene rings is 2. The summed E-state index contributed by atoms with van der Waals surface area (Å²) in [6.45, 7) is 1.16. The van der Waals surface area contributed by atoms with E-state index in [0.29, 0.717) is 25.4 Å². The number of aliphatic hydroxyl groups is 1. The van der Waals surface area contributed by atoms with Gasteiger partial charge in [-0.15, -0.1) is 0 Å². The lowest BCUT2D eigenvalue weighted by Gasteiger charge is -2.36. The Balaban J connectivity index is 1.64. The van der Waals surface area contributed by atoms with E-state index in [0.717, 1.165) is 11.1 Å². The van der Waals surface area contributed by atoms with Crippen LogP contribution in [0.4, 0.5) is 0 Å². The molecule has 0 unspecified atom stereocenters. The van der Waals surface area contributed by atoms with Crippen molar-refractivity contribution in [3.8, 4) is 0 Å². The minimum atomic E-state index is -0.377. The van der Waals surface area contributed by atoms with Crippen LogP contribution in [0.25, 0.3) is 0 Å². The lowest BCUT2D eigenvalue weighted by atomic mass is 9.99. The van der Waals surface area contributed by atoms with Crippen LogP contribution < -0.4 is 0 Å². The fourth-order valence-corrected chi connectivity index (χ4v) is 3.10. The molecule has 1 aliphatic heterocycles. The van der Waals surface area contributed by atoms with Crippen LogP contribution >= 0.6 is 0 Å². The molecule has 0 aliphatic carbocycles. The lowest BCUT2D eigenvalue weighted by Crippen LogP contribution is -2.48. The first kappa shape index (κ1) is 19.6. The second-order valence-electron chi connectivity index (χ2n) is 6.44. The van der Waals surface area contributed by atoms with Gasteiger partial charge in [0.15, 0.2) is 0 Å². The molecule has 144 valence electrons. The molecule has 2 aromatic carbocycles. The Kier molecular flexibility index (Phi) is 7.42. The van der Waals surface area contributed by atoms with Crippen molar-refractivity contribution in [2.45, 2.75) is 31.5 Å². The molecule has 1 N–H and O–H groups in total. The van der Waals surface area contributed by atoms with E-state index in [2.05, 4.69) is 0 Å². The van der Waals surface area contributed by atoms with Gasteiger partial charge in [-0.3, -0.25) is 0 Å². The molecule has 0 aromatic heterocycles. The molecular formula is C22H26O5. The molecule has 0 spiro atoms. The third-order valence-corrected chi connectivity index (χ3v) is 4.54. The number of aliphatic hydroxyl groups excluding tert-OH is 1. The zero-order valence-electron chi connectivity index (χ0n) is 15.5. The Morgan fingerprint density at radius 1 is 0.926 bits per heavy atom. The van der Waals surface area contributed by atoms with Gasteiger partial charge in [-0.1, -0.05) is 60.7 Å². The maximum absolute atomic E-state index is 9.59. The largest absolute Gasteiger partial charge is 0.493 e. The molecule has 0 amide bonds. The fourth-order valence-electron chi connectivity index (χ4n) is 3.10. The van der Waals surface area contributed by atoms with Gasteiger partial charge in [0.2, 0.25) is 0 Å². The molecule has 0 bridgehead atoms. The van der Waals surface area contributed by atoms with Gasteiger partial charge >= 0.3 is 0 Å². The van der Waals surface area contributed by atoms with E-state index in [4.69, 9.17) is 18.9 Å². The first-order valence-corrected chi connectivity index (χ1v) is 9.07. The van der Waals surface area contributed by atoms with Crippen LogP contribution in [-0.2, 0) is 32.2 Å². The molecule has 3 rings (SSSR count). The molecule has 0 saturated heterocycles. The molecule has 5 heteroatoms. The molecule has 3 atom stereocenters. The molecule has 27 heavy (non-hydrogen) atoms. The SMILES string of the molecule is CO[C@H]1C(CO)=CO[C@H](COCc2ccccc2)[C@@H]1OCc1ccccc1. The Labute approximate surface area is 160 Å². The molecule has 0 saturated carbocycles. The van der Waals surface area contributed by atoms with Crippen LogP contribution in [-0.4, -0.2) is 43.7 Å². The summed E-state index contributed by atoms with van der Waals surface area (Å²) < 4.78 is 23.4. The summed E-state index contributed by atoms with van der Waals surface area (Å²) in [6.07, 6.45) is 0.487. The summed E-state index contributed by atoms with van der Waals surface area (Å²) in [5.74, 6) is 0. The standard InChI is InChI=1S/C22H26O5/c1-24-21-19(12-23)15-26-20(16-25-13-17-8-4-2-5-9-17)22(21)27-14-18-10-6-3-7-11-18/h2-11,15,20-23H,12-14,16H2,1H3/t20-,21+,22+/m1/s1. The number of ether oxygens (including phenoxy) is 4. The van der Waals surface area contributed by atoms with Crippen molar-refractivity contribution >= 4 is 0 Å². The summed E-state index contributed by atoms with van der Waals surface area (Å²) in [5, 5.41) is 9.59. The third-order valence-electron chi connectivity index (χ3n) is 4.54. The molecule has 0 fully saturated rings. The summed E-state index contributed by atoms with van der Waals surface area (Å²) in [4.78, 5) is 0. The Morgan fingerprint density at radius 2 is 1.56 bits per heavy atom. The Morgan fingerprint density at radius 3 is 2.15 bits per heavy atom. The molecule has 0 radical (unpaired) electrons. The van der Waals surface area contributed by atoms with Crippen molar-refractivity contribution in [2.24, 2.45) is 0 Å². The average Bonchev–Trinajstić information content (AvgIpc) is 2.73. The van der Waals surface area contributed by atoms with Crippen LogP contribution in [0.5, 0.6) is 0 Å². The minimum absolute atomic E-state index is 0.138. The number of rotatable bonds is 9. The molecule has 1 aliphatic rings. The van der Waals surface area contributed by atoms with E-state index >= 15 is 0 Å². The van der Waals surface area contributed by atoms with Crippen LogP contribution in [0, 0.1) is 0 Å². The van der Waals surface area contributed by atoms with Gasteiger partial charge in [0, 0.05) is 12.7 Å². The molecule has 1 heterocycles. The predicted octanol–water partition coefficient (Wildman–Crippen LogP) is 3.08. The highest BCUT2D eigenvalue weighted by atomic mass is 16.6. The number of hydrogen-bond acceptors (Lipinski definition) is 5. The fraction of sp³-hybridized carbons (Fsp3) is 0.364. The minimum Gasteiger partial charge on any atom is -0.493 e. The quantitative estimate of drug-likeness (QED) is 0.735. The van der Waals surface area contributed by atoms with Crippen molar-refractivity contribution in [2.75, 3.05) is 20.3 Å². The normalized spacial score (nSPS) is 22.1. The van der Waals surface area contributed by atoms with Crippen molar-refractivity contribution in [3.05, 3.63) is 83.6 Å². The first-order valence-electron chi connectivity index (χ1n) is 9.07. The van der Waals surface area contributed by atoms with E-state index in [1.807, 2.05) is 60.7 Å². The van der Waals surface area contributed by atoms with Crippen LogP contribution in [0.3, 0.4) is 0 Å². The third kappa shape index (κ3) is 5.40. The van der Waals surface area contributed by atoms with E-state index in [9.17, 15) is 5.11 Å². The highest BCUT2D eigenvalue weighted by molar-refractivity contribution is 5.16. The Hall–Kier alpha value is -2.18. The van der Waals surface area contributed by atoms with Gasteiger partial charge in [0.1, 0.15) is 18.3 Å². The van der Waals surface area contributed by atoms with E-state index < -0.39 is 0 Å². The molecule has 5 nitrogen and oxygen atoms in total. The van der Waals surface area contributed by atoms with E-state index in [1.165, 1.54) is 0 Å². The van der Waals surface area contributed by atoms with Crippen molar-refractivity contribution in [1.29, 1.82) is 0 Å². The number of hydrogen-bond donors (Lipinski definition) is 1. The van der Waals surface area contributed by atoms with Gasteiger partial charge in [-0.05, 0) is 11.1 Å². The van der Waals surface area contributed by atoms with Gasteiger partial charge in [-0.25, -0.2) is 0 Å².